The van der Waals surface area contributed by atoms with Gasteiger partial charge in [-0.25, -0.2) is 9.79 Å². The lowest BCUT2D eigenvalue weighted by Crippen LogP contribution is -2.40. The van der Waals surface area contributed by atoms with Crippen LogP contribution in [0.4, 0.5) is 0 Å². The highest BCUT2D eigenvalue weighted by atomic mass is 35.5. The first-order valence-corrected chi connectivity index (χ1v) is 15.4. The molecule has 11 heteroatoms. The minimum atomic E-state index is -0.791. The van der Waals surface area contributed by atoms with Gasteiger partial charge in [-0.05, 0) is 68.3 Å². The van der Waals surface area contributed by atoms with Crippen LogP contribution in [0, 0.1) is 0 Å². The summed E-state index contributed by atoms with van der Waals surface area (Å²) in [6.07, 6.45) is 1.76. The Morgan fingerprint density at radius 2 is 1.77 bits per heavy atom. The third kappa shape index (κ3) is 6.53. The van der Waals surface area contributed by atoms with Gasteiger partial charge >= 0.3 is 5.97 Å². The van der Waals surface area contributed by atoms with Gasteiger partial charge in [0.25, 0.3) is 5.56 Å². The zero-order valence-electron chi connectivity index (χ0n) is 23.5. The van der Waals surface area contributed by atoms with Crippen molar-refractivity contribution >= 4 is 58.2 Å². The standard InChI is InChI=1S/C32H27Cl3N2O5S/c1-4-40-26-14-19(10-13-25(26)42-17-20-11-12-21(33)16-24(20)35)15-27-30(38)37-29(22-8-6-7-9-23(22)34)28(31(39)41-5-2)18(3)36-32(37)43-27/h6-16,29H,4-5,17H2,1-3H3/b27-15-/t29-/m0/s1. The molecule has 43 heavy (non-hydrogen) atoms. The molecule has 0 aliphatic carbocycles. The molecule has 5 rings (SSSR count). The van der Waals surface area contributed by atoms with Crippen LogP contribution in [0.5, 0.6) is 11.5 Å². The summed E-state index contributed by atoms with van der Waals surface area (Å²) in [5, 5.41) is 1.48. The number of fused-ring (bicyclic) bond motifs is 1. The van der Waals surface area contributed by atoms with E-state index < -0.39 is 12.0 Å². The number of halogens is 3. The van der Waals surface area contributed by atoms with Crippen LogP contribution >= 0.6 is 46.1 Å². The molecule has 7 nitrogen and oxygen atoms in total. The van der Waals surface area contributed by atoms with Crippen molar-refractivity contribution in [3.05, 3.63) is 123 Å². The largest absolute Gasteiger partial charge is 0.490 e. The van der Waals surface area contributed by atoms with E-state index in [4.69, 9.17) is 49.0 Å². The lowest BCUT2D eigenvalue weighted by Gasteiger charge is -2.25. The van der Waals surface area contributed by atoms with Gasteiger partial charge in [-0.15, -0.1) is 0 Å². The number of hydrogen-bond acceptors (Lipinski definition) is 7. The van der Waals surface area contributed by atoms with Crippen LogP contribution in [0.1, 0.15) is 43.5 Å². The smallest absolute Gasteiger partial charge is 0.338 e. The van der Waals surface area contributed by atoms with Crippen LogP contribution in [-0.4, -0.2) is 23.8 Å². The first kappa shape index (κ1) is 30.9. The summed E-state index contributed by atoms with van der Waals surface area (Å²) in [6.45, 7) is 6.16. The molecule has 1 aliphatic rings. The molecule has 0 N–H and O–H groups in total. The maximum absolute atomic E-state index is 13.9. The Morgan fingerprint density at radius 3 is 2.49 bits per heavy atom. The molecule has 0 saturated carbocycles. The summed E-state index contributed by atoms with van der Waals surface area (Å²) >= 11 is 20.1. The summed E-state index contributed by atoms with van der Waals surface area (Å²) in [4.78, 5) is 32.1. The third-order valence-electron chi connectivity index (χ3n) is 6.68. The normalized spacial score (nSPS) is 14.7. The van der Waals surface area contributed by atoms with E-state index >= 15 is 0 Å². The minimum Gasteiger partial charge on any atom is -0.490 e. The van der Waals surface area contributed by atoms with E-state index in [1.807, 2.05) is 25.1 Å². The Labute approximate surface area is 267 Å². The molecule has 1 atom stereocenters. The third-order valence-corrected chi connectivity index (χ3v) is 8.59. The molecule has 222 valence electrons. The van der Waals surface area contributed by atoms with Gasteiger partial charge in [-0.1, -0.05) is 76.5 Å². The molecule has 3 aromatic carbocycles. The molecule has 0 amide bonds. The number of thiazole rings is 1. The Kier molecular flexibility index (Phi) is 9.62. The molecule has 1 aromatic heterocycles. The molecule has 2 heterocycles. The van der Waals surface area contributed by atoms with Gasteiger partial charge in [-0.3, -0.25) is 9.36 Å². The zero-order chi connectivity index (χ0) is 30.7. The highest BCUT2D eigenvalue weighted by molar-refractivity contribution is 7.07. The van der Waals surface area contributed by atoms with Gasteiger partial charge in [0.2, 0.25) is 0 Å². The van der Waals surface area contributed by atoms with Gasteiger partial charge in [0.05, 0.1) is 29.0 Å². The molecule has 0 unspecified atom stereocenters. The van der Waals surface area contributed by atoms with E-state index in [9.17, 15) is 9.59 Å². The van der Waals surface area contributed by atoms with Crippen molar-refractivity contribution in [2.24, 2.45) is 4.99 Å². The molecule has 1 aliphatic heterocycles. The van der Waals surface area contributed by atoms with E-state index in [0.29, 0.717) is 53.8 Å². The fraction of sp³-hybridized carbons (Fsp3) is 0.219. The first-order valence-electron chi connectivity index (χ1n) is 13.5. The van der Waals surface area contributed by atoms with E-state index in [2.05, 4.69) is 4.99 Å². The second-order valence-corrected chi connectivity index (χ2v) is 11.7. The van der Waals surface area contributed by atoms with Crippen molar-refractivity contribution in [1.82, 2.24) is 4.57 Å². The number of hydrogen-bond donors (Lipinski definition) is 0. The number of allylic oxidation sites excluding steroid dienone is 1. The predicted molar refractivity (Wildman–Crippen MR) is 170 cm³/mol. The first-order chi connectivity index (χ1) is 20.7. The van der Waals surface area contributed by atoms with Crippen molar-refractivity contribution in [2.45, 2.75) is 33.4 Å². The Hall–Kier alpha value is -3.56. The number of esters is 1. The number of nitrogens with zero attached hydrogens (tertiary/aromatic N) is 2. The highest BCUT2D eigenvalue weighted by Gasteiger charge is 2.34. The van der Waals surface area contributed by atoms with Crippen molar-refractivity contribution in [1.29, 1.82) is 0 Å². The van der Waals surface area contributed by atoms with Gasteiger partial charge in [0, 0.05) is 20.6 Å². The van der Waals surface area contributed by atoms with Gasteiger partial charge < -0.3 is 14.2 Å². The molecular formula is C32H27Cl3N2O5S. The van der Waals surface area contributed by atoms with Crippen molar-refractivity contribution < 1.29 is 19.0 Å². The quantitative estimate of drug-likeness (QED) is 0.187. The number of benzene rings is 3. The fourth-order valence-corrected chi connectivity index (χ4v) is 6.48. The van der Waals surface area contributed by atoms with Crippen LogP contribution in [0.15, 0.2) is 81.7 Å². The summed E-state index contributed by atoms with van der Waals surface area (Å²) in [7, 11) is 0. The molecular weight excluding hydrogens is 631 g/mol. The molecule has 0 radical (unpaired) electrons. The highest BCUT2D eigenvalue weighted by Crippen LogP contribution is 2.35. The van der Waals surface area contributed by atoms with Crippen molar-refractivity contribution in [3.8, 4) is 11.5 Å². The van der Waals surface area contributed by atoms with Gasteiger partial charge in [-0.2, -0.15) is 0 Å². The fourth-order valence-electron chi connectivity index (χ4n) is 4.73. The second kappa shape index (κ2) is 13.4. The van der Waals surface area contributed by atoms with Gasteiger partial charge in [0.1, 0.15) is 12.6 Å². The molecule has 4 aromatic rings. The summed E-state index contributed by atoms with van der Waals surface area (Å²) in [5.41, 5.74) is 2.55. The van der Waals surface area contributed by atoms with Crippen LogP contribution < -0.4 is 24.4 Å². The molecule has 0 bridgehead atoms. The van der Waals surface area contributed by atoms with Crippen molar-refractivity contribution in [2.75, 3.05) is 13.2 Å². The Morgan fingerprint density at radius 1 is 0.977 bits per heavy atom. The maximum Gasteiger partial charge on any atom is 0.338 e. The predicted octanol–water partition coefficient (Wildman–Crippen LogP) is 6.74. The SMILES string of the molecule is CCOC(=O)C1=C(C)N=c2s/c(=C\c3ccc(OCc4ccc(Cl)cc4Cl)c(OCC)c3)c(=O)n2[C@H]1c1ccccc1Cl. The summed E-state index contributed by atoms with van der Waals surface area (Å²) in [6, 6.07) is 17.0. The number of aromatic nitrogens is 1. The Balaban J connectivity index is 1.55. The molecule has 0 spiro atoms. The van der Waals surface area contributed by atoms with E-state index in [1.165, 1.54) is 15.9 Å². The number of ether oxygens (including phenoxy) is 3. The van der Waals surface area contributed by atoms with E-state index in [0.717, 1.165) is 11.1 Å². The van der Waals surface area contributed by atoms with Crippen molar-refractivity contribution in [3.63, 3.8) is 0 Å². The zero-order valence-corrected chi connectivity index (χ0v) is 26.6. The van der Waals surface area contributed by atoms with E-state index in [-0.39, 0.29) is 24.3 Å². The topological polar surface area (TPSA) is 79.1 Å². The number of carbonyl (C=O) groups is 1. The van der Waals surface area contributed by atoms with Crippen LogP contribution in [0.2, 0.25) is 15.1 Å². The summed E-state index contributed by atoms with van der Waals surface area (Å²) < 4.78 is 19.2. The lowest BCUT2D eigenvalue weighted by molar-refractivity contribution is -0.139. The monoisotopic (exact) mass is 656 g/mol. The van der Waals surface area contributed by atoms with Gasteiger partial charge in [0.15, 0.2) is 16.3 Å². The Bertz CT molecular complexity index is 1910. The lowest BCUT2D eigenvalue weighted by atomic mass is 9.96. The average molecular weight is 658 g/mol. The summed E-state index contributed by atoms with van der Waals surface area (Å²) in [5.74, 6) is 0.503. The van der Waals surface area contributed by atoms with Crippen LogP contribution in [-0.2, 0) is 16.1 Å². The number of rotatable bonds is 9. The molecule has 0 fully saturated rings. The average Bonchev–Trinajstić information content (AvgIpc) is 3.27. The minimum absolute atomic E-state index is 0.184. The maximum atomic E-state index is 13.9. The van der Waals surface area contributed by atoms with Crippen LogP contribution in [0.25, 0.3) is 6.08 Å². The van der Waals surface area contributed by atoms with E-state index in [1.54, 1.807) is 62.4 Å². The second-order valence-electron chi connectivity index (χ2n) is 9.49. The molecule has 0 saturated heterocycles. The van der Waals surface area contributed by atoms with Crippen LogP contribution in [0.3, 0.4) is 0 Å². The number of carbonyl (C=O) groups excluding carboxylic acids is 1.